The number of quaternary nitrogens is 1. The average Bonchev–Trinajstić information content (AvgIpc) is 2.75. The molecule has 0 atom stereocenters. The van der Waals surface area contributed by atoms with Gasteiger partial charge < -0.3 is 19.4 Å². The second kappa shape index (κ2) is 9.67. The van der Waals surface area contributed by atoms with Crippen molar-refractivity contribution in [3.63, 3.8) is 0 Å². The van der Waals surface area contributed by atoms with Crippen molar-refractivity contribution in [3.8, 4) is 11.8 Å². The lowest BCUT2D eigenvalue weighted by atomic mass is 10.2. The smallest absolute Gasteiger partial charge is 0.282 e. The average molecular weight is 381 g/mol. The molecule has 8 heteroatoms. The number of nitrogens with zero attached hydrogens (tertiary/aromatic N) is 5. The fourth-order valence-electron chi connectivity index (χ4n) is 3.36. The van der Waals surface area contributed by atoms with Crippen molar-refractivity contribution >= 4 is 17.5 Å². The number of rotatable bonds is 7. The van der Waals surface area contributed by atoms with E-state index in [0.717, 1.165) is 32.1 Å². The van der Waals surface area contributed by atoms with Crippen LogP contribution in [0.2, 0.25) is 0 Å². The van der Waals surface area contributed by atoms with Crippen molar-refractivity contribution in [1.82, 2.24) is 9.97 Å². The number of methoxy groups -OCH3 is 1. The minimum absolute atomic E-state index is 0.000777. The molecule has 8 nitrogen and oxygen atoms in total. The third kappa shape index (κ3) is 4.75. The van der Waals surface area contributed by atoms with E-state index in [2.05, 4.69) is 20.9 Å². The molecule has 28 heavy (non-hydrogen) atoms. The maximum absolute atomic E-state index is 13.0. The topological polar surface area (TPSA) is 86.8 Å². The lowest BCUT2D eigenvalue weighted by Crippen LogP contribution is -3.16. The summed E-state index contributed by atoms with van der Waals surface area (Å²) in [5.41, 5.74) is 0.709. The lowest BCUT2D eigenvalue weighted by Gasteiger charge is -2.33. The molecule has 3 rings (SSSR count). The maximum Gasteiger partial charge on any atom is 0.282 e. The molecule has 1 amide bonds. The van der Waals surface area contributed by atoms with Crippen molar-refractivity contribution in [2.45, 2.75) is 6.42 Å². The first-order valence-electron chi connectivity index (χ1n) is 9.39. The Morgan fingerprint density at radius 2 is 1.96 bits per heavy atom. The quantitative estimate of drug-likeness (QED) is 0.734. The minimum atomic E-state index is -0.000777. The van der Waals surface area contributed by atoms with Crippen LogP contribution in [0.15, 0.2) is 42.7 Å². The van der Waals surface area contributed by atoms with Gasteiger partial charge in [-0.15, -0.1) is 0 Å². The van der Waals surface area contributed by atoms with Crippen LogP contribution in [-0.4, -0.2) is 62.3 Å². The zero-order valence-electron chi connectivity index (χ0n) is 16.0. The minimum Gasteiger partial charge on any atom is -0.495 e. The highest BCUT2D eigenvalue weighted by Crippen LogP contribution is 2.27. The van der Waals surface area contributed by atoms with Gasteiger partial charge in [-0.25, -0.2) is 9.97 Å². The van der Waals surface area contributed by atoms with Crippen molar-refractivity contribution in [1.29, 1.82) is 5.26 Å². The van der Waals surface area contributed by atoms with E-state index in [1.54, 1.807) is 30.5 Å². The summed E-state index contributed by atoms with van der Waals surface area (Å²) in [5.74, 6) is 1.37. The fraction of sp³-hybridized carbons (Fsp3) is 0.400. The van der Waals surface area contributed by atoms with Crippen molar-refractivity contribution in [2.75, 3.05) is 56.2 Å². The van der Waals surface area contributed by atoms with Crippen molar-refractivity contribution in [2.24, 2.45) is 0 Å². The van der Waals surface area contributed by atoms with E-state index >= 15 is 0 Å². The molecule has 0 spiro atoms. The molecule has 0 unspecified atom stereocenters. The van der Waals surface area contributed by atoms with Gasteiger partial charge in [0.05, 0.1) is 51.5 Å². The Bertz CT molecular complexity index is 815. The second-order valence-electron chi connectivity index (χ2n) is 6.59. The molecule has 0 bridgehead atoms. The van der Waals surface area contributed by atoms with Gasteiger partial charge in [0, 0.05) is 18.9 Å². The number of nitrogens with one attached hydrogen (secondary N) is 1. The largest absolute Gasteiger partial charge is 0.495 e. The Morgan fingerprint density at radius 1 is 1.25 bits per heavy atom. The highest BCUT2D eigenvalue weighted by atomic mass is 16.5. The van der Waals surface area contributed by atoms with E-state index in [1.165, 1.54) is 4.90 Å². The van der Waals surface area contributed by atoms with E-state index in [4.69, 9.17) is 10.00 Å². The lowest BCUT2D eigenvalue weighted by molar-refractivity contribution is -0.892. The number of carbonyl (C=O) groups excluding carboxylic acids is 1. The van der Waals surface area contributed by atoms with E-state index in [9.17, 15) is 4.79 Å². The summed E-state index contributed by atoms with van der Waals surface area (Å²) in [6.45, 7) is 4.02. The number of piperazine rings is 1. The number of para-hydroxylation sites is 2. The number of hydrogen-bond acceptors (Lipinski definition) is 6. The molecule has 1 N–H and O–H groups in total. The van der Waals surface area contributed by atoms with Gasteiger partial charge in [0.15, 0.2) is 6.54 Å². The number of carbonyl (C=O) groups is 1. The summed E-state index contributed by atoms with van der Waals surface area (Å²) >= 11 is 0. The summed E-state index contributed by atoms with van der Waals surface area (Å²) in [5, 5.41) is 8.99. The molecule has 0 radical (unpaired) electrons. The normalized spacial score (nSPS) is 14.4. The molecule has 1 aromatic carbocycles. The van der Waals surface area contributed by atoms with Crippen LogP contribution < -0.4 is 19.4 Å². The Morgan fingerprint density at radius 3 is 2.64 bits per heavy atom. The predicted octanol–water partition coefficient (Wildman–Crippen LogP) is 0.137. The highest BCUT2D eigenvalue weighted by molar-refractivity contribution is 5.95. The Kier molecular flexibility index (Phi) is 6.76. The molecular formula is C20H25N6O2+. The number of benzene rings is 1. The fourth-order valence-corrected chi connectivity index (χ4v) is 3.36. The Labute approximate surface area is 165 Å². The summed E-state index contributed by atoms with van der Waals surface area (Å²) in [7, 11) is 1.59. The molecule has 1 saturated heterocycles. The van der Waals surface area contributed by atoms with E-state index in [1.807, 2.05) is 24.3 Å². The van der Waals surface area contributed by atoms with E-state index < -0.39 is 0 Å². The molecule has 0 aliphatic carbocycles. The predicted molar refractivity (Wildman–Crippen MR) is 105 cm³/mol. The molecule has 1 aliphatic rings. The second-order valence-corrected chi connectivity index (χ2v) is 6.59. The van der Waals surface area contributed by atoms with Gasteiger partial charge in [-0.3, -0.25) is 4.79 Å². The number of anilines is 2. The summed E-state index contributed by atoms with van der Waals surface area (Å²) in [4.78, 5) is 26.7. The van der Waals surface area contributed by atoms with Crippen LogP contribution in [0.1, 0.15) is 6.42 Å². The first-order chi connectivity index (χ1) is 13.7. The van der Waals surface area contributed by atoms with Gasteiger partial charge in [-0.1, -0.05) is 12.1 Å². The van der Waals surface area contributed by atoms with Gasteiger partial charge in [-0.2, -0.15) is 5.26 Å². The molecule has 2 aromatic rings. The Balaban J connectivity index is 1.63. The van der Waals surface area contributed by atoms with Crippen LogP contribution in [0, 0.1) is 11.3 Å². The van der Waals surface area contributed by atoms with Crippen molar-refractivity contribution < 1.29 is 14.4 Å². The van der Waals surface area contributed by atoms with Crippen LogP contribution in [0.5, 0.6) is 5.75 Å². The standard InChI is InChI=1S/C20H24N6O2/c1-28-18-7-3-2-6-17(18)26(11-4-8-21)19(27)16-24-12-14-25(15-13-24)20-22-9-5-10-23-20/h2-3,5-7,9-10H,4,11-16H2,1H3/p+1. The Hall–Kier alpha value is -3.18. The molecule has 2 heterocycles. The summed E-state index contributed by atoms with van der Waals surface area (Å²) in [6, 6.07) is 11.3. The third-order valence-corrected chi connectivity index (χ3v) is 4.83. The number of ether oxygens (including phenoxy) is 1. The first kappa shape index (κ1) is 19.6. The maximum atomic E-state index is 13.0. The van der Waals surface area contributed by atoms with Crippen LogP contribution in [-0.2, 0) is 4.79 Å². The number of aromatic nitrogens is 2. The van der Waals surface area contributed by atoms with Crippen LogP contribution in [0.4, 0.5) is 11.6 Å². The van der Waals surface area contributed by atoms with Crippen molar-refractivity contribution in [3.05, 3.63) is 42.7 Å². The first-order valence-corrected chi connectivity index (χ1v) is 9.39. The number of nitriles is 1. The molecule has 1 fully saturated rings. The molecular weight excluding hydrogens is 356 g/mol. The number of amides is 1. The van der Waals surface area contributed by atoms with Gasteiger partial charge in [0.1, 0.15) is 5.75 Å². The zero-order valence-corrected chi connectivity index (χ0v) is 16.0. The van der Waals surface area contributed by atoms with E-state index in [-0.39, 0.29) is 12.3 Å². The summed E-state index contributed by atoms with van der Waals surface area (Å²) < 4.78 is 5.41. The van der Waals surface area contributed by atoms with Crippen LogP contribution in [0.25, 0.3) is 0 Å². The summed E-state index contributed by atoms with van der Waals surface area (Å²) in [6.07, 6.45) is 3.76. The van der Waals surface area contributed by atoms with Gasteiger partial charge in [0.2, 0.25) is 5.95 Å². The van der Waals surface area contributed by atoms with Crippen LogP contribution >= 0.6 is 0 Å². The van der Waals surface area contributed by atoms with E-state index in [0.29, 0.717) is 24.5 Å². The molecule has 0 saturated carbocycles. The van der Waals surface area contributed by atoms with Crippen LogP contribution in [0.3, 0.4) is 0 Å². The molecule has 146 valence electrons. The monoisotopic (exact) mass is 381 g/mol. The SMILES string of the molecule is COc1ccccc1N(CCC#N)C(=O)C[NH+]1CCN(c2ncccn2)CC1. The highest BCUT2D eigenvalue weighted by Gasteiger charge is 2.27. The molecule has 1 aromatic heterocycles. The molecule has 1 aliphatic heterocycles. The zero-order chi connectivity index (χ0) is 19.8. The number of hydrogen-bond donors (Lipinski definition) is 1. The van der Waals surface area contributed by atoms with Gasteiger partial charge >= 0.3 is 0 Å². The van der Waals surface area contributed by atoms with Gasteiger partial charge in [0.25, 0.3) is 5.91 Å². The van der Waals surface area contributed by atoms with Gasteiger partial charge in [-0.05, 0) is 18.2 Å². The third-order valence-electron chi connectivity index (χ3n) is 4.83.